The minimum Gasteiger partial charge on any atom is -0.326 e. The summed E-state index contributed by atoms with van der Waals surface area (Å²) in [5.74, 6) is 0.568. The Morgan fingerprint density at radius 3 is 2.96 bits per heavy atom. The number of hydrogen-bond acceptors (Lipinski definition) is 6. The molecule has 1 atom stereocenters. The van der Waals surface area contributed by atoms with Crippen molar-refractivity contribution in [3.05, 3.63) is 23.3 Å². The lowest BCUT2D eigenvalue weighted by Gasteiger charge is -2.29. The van der Waals surface area contributed by atoms with Crippen molar-refractivity contribution >= 4 is 27.6 Å². The van der Waals surface area contributed by atoms with Crippen LogP contribution in [0.2, 0.25) is 0 Å². The van der Waals surface area contributed by atoms with Gasteiger partial charge in [-0.15, -0.1) is 0 Å². The highest BCUT2D eigenvalue weighted by molar-refractivity contribution is 7.18. The monoisotopic (exact) mass is 369 g/mol. The number of likely N-dealkylation sites (tertiary alicyclic amines) is 1. The average molecular weight is 369 g/mol. The zero-order valence-corrected chi connectivity index (χ0v) is 15.5. The van der Waals surface area contributed by atoms with E-state index in [1.165, 1.54) is 5.01 Å². The molecule has 7 heteroatoms. The fraction of sp³-hybridized carbons (Fsp3) is 0.579. The van der Waals surface area contributed by atoms with Crippen LogP contribution >= 0.6 is 11.3 Å². The van der Waals surface area contributed by atoms with Crippen molar-refractivity contribution in [1.82, 2.24) is 20.2 Å². The van der Waals surface area contributed by atoms with Gasteiger partial charge in [0.2, 0.25) is 5.91 Å². The van der Waals surface area contributed by atoms with E-state index in [0.717, 1.165) is 55.4 Å². The van der Waals surface area contributed by atoms with Gasteiger partial charge in [-0.3, -0.25) is 4.79 Å². The van der Waals surface area contributed by atoms with Gasteiger partial charge in [-0.05, 0) is 50.7 Å². The molecule has 4 rings (SSSR count). The molecule has 1 N–H and O–H groups in total. The molecular weight excluding hydrogens is 346 g/mol. The smallest absolute Gasteiger partial charge is 0.237 e. The molecule has 1 aliphatic carbocycles. The molecule has 2 aromatic heterocycles. The van der Waals surface area contributed by atoms with E-state index in [2.05, 4.69) is 16.4 Å². The summed E-state index contributed by atoms with van der Waals surface area (Å²) in [6, 6.07) is 6.34. The minimum absolute atomic E-state index is 0.0634. The van der Waals surface area contributed by atoms with Gasteiger partial charge in [0.05, 0.1) is 17.6 Å². The highest BCUT2D eigenvalue weighted by Crippen LogP contribution is 2.36. The van der Waals surface area contributed by atoms with Gasteiger partial charge in [-0.1, -0.05) is 11.3 Å². The van der Waals surface area contributed by atoms with Gasteiger partial charge in [0.15, 0.2) is 0 Å². The van der Waals surface area contributed by atoms with Crippen LogP contribution in [0.5, 0.6) is 0 Å². The Hall–Kier alpha value is -2.04. The van der Waals surface area contributed by atoms with E-state index in [-0.39, 0.29) is 11.9 Å². The van der Waals surface area contributed by atoms with Crippen molar-refractivity contribution in [2.75, 3.05) is 13.1 Å². The second-order valence-electron chi connectivity index (χ2n) is 7.18. The molecule has 1 aliphatic heterocycles. The van der Waals surface area contributed by atoms with Crippen molar-refractivity contribution in [3.8, 4) is 6.07 Å². The van der Waals surface area contributed by atoms with Crippen molar-refractivity contribution in [2.45, 2.75) is 56.5 Å². The zero-order chi connectivity index (χ0) is 17.9. The van der Waals surface area contributed by atoms with Gasteiger partial charge < -0.3 is 10.2 Å². The Morgan fingerprint density at radius 1 is 1.35 bits per heavy atom. The number of nitrogens with one attached hydrogen (secondary N) is 1. The first kappa shape index (κ1) is 17.4. The normalized spacial score (nSPS) is 26.1. The highest BCUT2D eigenvalue weighted by Gasteiger charge is 2.29. The molecule has 26 heavy (non-hydrogen) atoms. The topological polar surface area (TPSA) is 81.9 Å². The summed E-state index contributed by atoms with van der Waals surface area (Å²) in [6.45, 7) is 1.07. The van der Waals surface area contributed by atoms with Crippen LogP contribution in [0.4, 0.5) is 0 Å². The van der Waals surface area contributed by atoms with E-state index in [1.54, 1.807) is 16.2 Å². The fourth-order valence-electron chi connectivity index (χ4n) is 4.04. The minimum atomic E-state index is -0.229. The molecule has 1 amide bonds. The molecule has 3 heterocycles. The van der Waals surface area contributed by atoms with Crippen LogP contribution in [0.1, 0.15) is 49.5 Å². The molecule has 0 spiro atoms. The zero-order valence-electron chi connectivity index (χ0n) is 14.7. The molecule has 0 unspecified atom stereocenters. The Labute approximate surface area is 157 Å². The van der Waals surface area contributed by atoms with Crippen molar-refractivity contribution < 1.29 is 4.79 Å². The Kier molecular flexibility index (Phi) is 5.14. The molecule has 2 aromatic rings. The van der Waals surface area contributed by atoms with E-state index in [1.807, 2.05) is 18.3 Å². The van der Waals surface area contributed by atoms with Gasteiger partial charge in [0.25, 0.3) is 0 Å². The predicted octanol–water partition coefficient (Wildman–Crippen LogP) is 2.82. The van der Waals surface area contributed by atoms with Crippen molar-refractivity contribution in [2.24, 2.45) is 0 Å². The van der Waals surface area contributed by atoms with Crippen LogP contribution in [-0.2, 0) is 4.79 Å². The molecule has 0 bridgehead atoms. The molecule has 0 aromatic carbocycles. The molecule has 1 saturated carbocycles. The third-order valence-corrected chi connectivity index (χ3v) is 6.67. The average Bonchev–Trinajstić information content (AvgIpc) is 3.33. The Morgan fingerprint density at radius 2 is 2.19 bits per heavy atom. The second kappa shape index (κ2) is 7.68. The number of aromatic nitrogens is 2. The molecule has 1 saturated heterocycles. The van der Waals surface area contributed by atoms with E-state index in [0.29, 0.717) is 18.5 Å². The van der Waals surface area contributed by atoms with Crippen molar-refractivity contribution in [1.29, 1.82) is 5.26 Å². The van der Waals surface area contributed by atoms with Gasteiger partial charge in [0, 0.05) is 24.7 Å². The molecule has 2 aliphatic rings. The number of carbonyl (C=O) groups is 1. The summed E-state index contributed by atoms with van der Waals surface area (Å²) in [5, 5.41) is 13.7. The first-order chi connectivity index (χ1) is 12.7. The lowest BCUT2D eigenvalue weighted by molar-refractivity contribution is -0.130. The highest BCUT2D eigenvalue weighted by atomic mass is 32.1. The number of carbonyl (C=O) groups excluding carboxylic acids is 1. The summed E-state index contributed by atoms with van der Waals surface area (Å²) in [4.78, 5) is 24.2. The van der Waals surface area contributed by atoms with Crippen LogP contribution < -0.4 is 5.32 Å². The van der Waals surface area contributed by atoms with Crippen LogP contribution in [0.3, 0.4) is 0 Å². The molecule has 0 radical (unpaired) electrons. The van der Waals surface area contributed by atoms with E-state index in [4.69, 9.17) is 10.2 Å². The predicted molar refractivity (Wildman–Crippen MR) is 101 cm³/mol. The lowest BCUT2D eigenvalue weighted by Crippen LogP contribution is -2.44. The standard InChI is InChI=1S/C19H23N5OS/c20-11-15-3-2-10-24(15)17(25)12-22-14-7-5-13(6-8-14)18-23-16-4-1-9-21-19(16)26-18/h1,4,9,13-15,22H,2-3,5-8,10,12H2/t13-,14-,15-/m0/s1. The first-order valence-corrected chi connectivity index (χ1v) is 10.2. The van der Waals surface area contributed by atoms with Crippen LogP contribution in [0, 0.1) is 11.3 Å². The number of pyridine rings is 1. The molecule has 2 fully saturated rings. The number of nitriles is 1. The molecular formula is C19H23N5OS. The third kappa shape index (κ3) is 3.57. The fourth-order valence-corrected chi connectivity index (χ4v) is 5.11. The maximum absolute atomic E-state index is 12.3. The van der Waals surface area contributed by atoms with Gasteiger partial charge in [0.1, 0.15) is 16.4 Å². The first-order valence-electron chi connectivity index (χ1n) is 9.38. The maximum atomic E-state index is 12.3. The summed E-state index contributed by atoms with van der Waals surface area (Å²) >= 11 is 1.71. The second-order valence-corrected chi connectivity index (χ2v) is 8.19. The number of hydrogen-bond donors (Lipinski definition) is 1. The number of rotatable bonds is 4. The number of amides is 1. The lowest BCUT2D eigenvalue weighted by atomic mass is 9.86. The van der Waals surface area contributed by atoms with Gasteiger partial charge >= 0.3 is 0 Å². The summed E-state index contributed by atoms with van der Waals surface area (Å²) < 4.78 is 0. The number of thiazole rings is 1. The van der Waals surface area contributed by atoms with Crippen molar-refractivity contribution in [3.63, 3.8) is 0 Å². The van der Waals surface area contributed by atoms with Gasteiger partial charge in [-0.2, -0.15) is 5.26 Å². The number of nitrogens with zero attached hydrogens (tertiary/aromatic N) is 4. The van der Waals surface area contributed by atoms with E-state index < -0.39 is 0 Å². The quantitative estimate of drug-likeness (QED) is 0.896. The largest absolute Gasteiger partial charge is 0.326 e. The Bertz CT molecular complexity index is 788. The number of fused-ring (bicyclic) bond motifs is 1. The SMILES string of the molecule is N#C[C@@H]1CCCN1C(=O)CN[C@H]1CC[C@H](c2nc3cccnc3s2)CC1. The summed E-state index contributed by atoms with van der Waals surface area (Å²) in [7, 11) is 0. The Balaban J connectivity index is 1.27. The van der Waals surface area contributed by atoms with Gasteiger partial charge in [-0.25, -0.2) is 9.97 Å². The maximum Gasteiger partial charge on any atom is 0.237 e. The van der Waals surface area contributed by atoms with Crippen LogP contribution in [0.25, 0.3) is 10.3 Å². The third-order valence-electron chi connectivity index (χ3n) is 5.52. The van der Waals surface area contributed by atoms with Crippen LogP contribution in [0.15, 0.2) is 18.3 Å². The van der Waals surface area contributed by atoms with Crippen LogP contribution in [-0.4, -0.2) is 45.9 Å². The summed E-state index contributed by atoms with van der Waals surface area (Å²) in [5.41, 5.74) is 0.996. The summed E-state index contributed by atoms with van der Waals surface area (Å²) in [6.07, 6.45) is 7.87. The molecule has 136 valence electrons. The van der Waals surface area contributed by atoms with E-state index >= 15 is 0 Å². The molecule has 6 nitrogen and oxygen atoms in total. The van der Waals surface area contributed by atoms with E-state index in [9.17, 15) is 4.79 Å².